The van der Waals surface area contributed by atoms with Gasteiger partial charge in [-0.2, -0.15) is 0 Å². The maximum Gasteiger partial charge on any atom is 0.255 e. The van der Waals surface area contributed by atoms with Crippen molar-refractivity contribution in [1.29, 1.82) is 0 Å². The molecular weight excluding hydrogens is 410 g/mol. The smallest absolute Gasteiger partial charge is 0.255 e. The second kappa shape index (κ2) is 8.28. The number of ether oxygens (including phenoxy) is 1. The summed E-state index contributed by atoms with van der Waals surface area (Å²) in [6.45, 7) is 7.98. The number of likely N-dealkylation sites (N-methyl/N-ethyl adjacent to an activating group) is 1. The van der Waals surface area contributed by atoms with E-state index in [2.05, 4.69) is 39.7 Å². The molecule has 1 fully saturated rings. The zero-order valence-corrected chi connectivity index (χ0v) is 16.0. The van der Waals surface area contributed by atoms with Gasteiger partial charge in [0, 0.05) is 23.1 Å². The topological polar surface area (TPSA) is 41.6 Å². The van der Waals surface area contributed by atoms with Gasteiger partial charge in [0.25, 0.3) is 5.91 Å². The van der Waals surface area contributed by atoms with Gasteiger partial charge in [-0.3, -0.25) is 9.69 Å². The molecule has 128 valence electrons. The first-order chi connectivity index (χ1) is 10.9. The summed E-state index contributed by atoms with van der Waals surface area (Å²) >= 11 is 2.15. The number of carbonyl (C=O) groups excluding carboxylic acids is 1. The molecule has 0 saturated carbocycles. The van der Waals surface area contributed by atoms with Gasteiger partial charge in [-0.1, -0.05) is 6.92 Å². The SMILES string of the molecule is CCN1CCCC1CNC(=O)c1cc(I)cc(C)c1OC(C)F. The third-order valence-corrected chi connectivity index (χ3v) is 4.79. The summed E-state index contributed by atoms with van der Waals surface area (Å²) in [5.74, 6) is 0.127. The summed E-state index contributed by atoms with van der Waals surface area (Å²) in [5.41, 5.74) is 1.17. The first-order valence-electron chi connectivity index (χ1n) is 8.05. The highest BCUT2D eigenvalue weighted by Crippen LogP contribution is 2.28. The van der Waals surface area contributed by atoms with Gasteiger partial charge in [0.1, 0.15) is 5.75 Å². The largest absolute Gasteiger partial charge is 0.460 e. The lowest BCUT2D eigenvalue weighted by Crippen LogP contribution is -2.40. The third-order valence-electron chi connectivity index (χ3n) is 4.17. The summed E-state index contributed by atoms with van der Waals surface area (Å²) in [4.78, 5) is 14.9. The van der Waals surface area contributed by atoms with Crippen LogP contribution in [0.2, 0.25) is 0 Å². The van der Waals surface area contributed by atoms with Crippen LogP contribution in [-0.2, 0) is 0 Å². The normalized spacial score (nSPS) is 19.6. The zero-order valence-electron chi connectivity index (χ0n) is 13.9. The van der Waals surface area contributed by atoms with Gasteiger partial charge < -0.3 is 10.1 Å². The number of halogens is 2. The quantitative estimate of drug-likeness (QED) is 0.697. The molecule has 4 nitrogen and oxygen atoms in total. The summed E-state index contributed by atoms with van der Waals surface area (Å²) < 4.78 is 19.4. The van der Waals surface area contributed by atoms with Gasteiger partial charge >= 0.3 is 0 Å². The van der Waals surface area contributed by atoms with Crippen molar-refractivity contribution < 1.29 is 13.9 Å². The van der Waals surface area contributed by atoms with Crippen LogP contribution in [0.25, 0.3) is 0 Å². The third kappa shape index (κ3) is 4.79. The Bertz CT molecular complexity index is 566. The number of aryl methyl sites for hydroxylation is 1. The zero-order chi connectivity index (χ0) is 17.0. The van der Waals surface area contributed by atoms with Crippen molar-refractivity contribution in [3.05, 3.63) is 26.8 Å². The molecule has 1 aromatic rings. The average molecular weight is 434 g/mol. The van der Waals surface area contributed by atoms with E-state index in [-0.39, 0.29) is 5.91 Å². The van der Waals surface area contributed by atoms with Crippen molar-refractivity contribution in [1.82, 2.24) is 10.2 Å². The van der Waals surface area contributed by atoms with Gasteiger partial charge in [-0.05, 0) is 73.1 Å². The van der Waals surface area contributed by atoms with E-state index in [0.29, 0.717) is 23.9 Å². The van der Waals surface area contributed by atoms with Crippen LogP contribution in [0.3, 0.4) is 0 Å². The van der Waals surface area contributed by atoms with Gasteiger partial charge in [-0.15, -0.1) is 0 Å². The summed E-state index contributed by atoms with van der Waals surface area (Å²) in [6.07, 6.45) is 0.820. The lowest BCUT2D eigenvalue weighted by Gasteiger charge is -2.23. The molecule has 1 aromatic carbocycles. The van der Waals surface area contributed by atoms with Crippen LogP contribution in [-0.4, -0.2) is 42.8 Å². The van der Waals surface area contributed by atoms with E-state index in [1.807, 2.05) is 13.0 Å². The van der Waals surface area contributed by atoms with Crippen LogP contribution in [0.5, 0.6) is 5.75 Å². The molecule has 0 spiro atoms. The minimum atomic E-state index is -1.45. The standard InChI is InChI=1S/C17H24FIN2O2/c1-4-21-7-5-6-14(21)10-20-17(22)15-9-13(19)8-11(2)16(15)23-12(3)18/h8-9,12,14H,4-7,10H2,1-3H3,(H,20,22). The molecule has 0 aliphatic carbocycles. The molecule has 1 saturated heterocycles. The summed E-state index contributed by atoms with van der Waals surface area (Å²) in [7, 11) is 0. The maximum absolute atomic E-state index is 13.3. The highest BCUT2D eigenvalue weighted by Gasteiger charge is 2.24. The molecule has 1 aliphatic rings. The number of hydrogen-bond donors (Lipinski definition) is 1. The molecular formula is C17H24FIN2O2. The molecule has 2 rings (SSSR count). The minimum Gasteiger partial charge on any atom is -0.460 e. The van der Waals surface area contributed by atoms with E-state index >= 15 is 0 Å². The van der Waals surface area contributed by atoms with Crippen LogP contribution in [0.1, 0.15) is 42.6 Å². The van der Waals surface area contributed by atoms with Gasteiger partial charge in [-0.25, -0.2) is 4.39 Å². The molecule has 1 N–H and O–H groups in total. The number of amides is 1. The molecule has 23 heavy (non-hydrogen) atoms. The number of likely N-dealkylation sites (tertiary alicyclic amines) is 1. The Morgan fingerprint density at radius 2 is 2.30 bits per heavy atom. The second-order valence-electron chi connectivity index (χ2n) is 5.89. The molecule has 0 bridgehead atoms. The highest BCUT2D eigenvalue weighted by molar-refractivity contribution is 14.1. The maximum atomic E-state index is 13.3. The average Bonchev–Trinajstić information content (AvgIpc) is 2.94. The molecule has 2 atom stereocenters. The van der Waals surface area contributed by atoms with E-state index in [1.165, 1.54) is 13.3 Å². The van der Waals surface area contributed by atoms with E-state index < -0.39 is 6.36 Å². The number of nitrogens with one attached hydrogen (secondary N) is 1. The minimum absolute atomic E-state index is 0.204. The Morgan fingerprint density at radius 1 is 1.57 bits per heavy atom. The monoisotopic (exact) mass is 434 g/mol. The molecule has 1 aliphatic heterocycles. The molecule has 6 heteroatoms. The second-order valence-corrected chi connectivity index (χ2v) is 7.14. The Hall–Kier alpha value is -0.890. The Kier molecular flexibility index (Phi) is 6.64. The van der Waals surface area contributed by atoms with Crippen LogP contribution in [0.15, 0.2) is 12.1 Å². The lowest BCUT2D eigenvalue weighted by atomic mass is 10.1. The Balaban J connectivity index is 2.11. The molecule has 0 radical (unpaired) electrons. The predicted molar refractivity (Wildman–Crippen MR) is 97.7 cm³/mol. The van der Waals surface area contributed by atoms with Crippen molar-refractivity contribution in [3.63, 3.8) is 0 Å². The fourth-order valence-corrected chi connectivity index (χ4v) is 3.84. The number of nitrogens with zero attached hydrogens (tertiary/aromatic N) is 1. The number of alkyl halides is 1. The Morgan fingerprint density at radius 3 is 2.96 bits per heavy atom. The Labute approximate surface area is 150 Å². The van der Waals surface area contributed by atoms with Gasteiger partial charge in [0.2, 0.25) is 6.36 Å². The van der Waals surface area contributed by atoms with E-state index in [0.717, 1.165) is 28.6 Å². The highest BCUT2D eigenvalue weighted by atomic mass is 127. The first-order valence-corrected chi connectivity index (χ1v) is 9.13. The lowest BCUT2D eigenvalue weighted by molar-refractivity contribution is 0.0805. The fourth-order valence-electron chi connectivity index (χ4n) is 3.07. The summed E-state index contributed by atoms with van der Waals surface area (Å²) in [6, 6.07) is 4.01. The predicted octanol–water partition coefficient (Wildman–Crippen LogP) is 3.51. The number of rotatable bonds is 6. The fraction of sp³-hybridized carbons (Fsp3) is 0.588. The van der Waals surface area contributed by atoms with Crippen LogP contribution >= 0.6 is 22.6 Å². The van der Waals surface area contributed by atoms with Crippen LogP contribution < -0.4 is 10.1 Å². The van der Waals surface area contributed by atoms with Crippen LogP contribution in [0, 0.1) is 10.5 Å². The van der Waals surface area contributed by atoms with E-state index in [1.54, 1.807) is 6.07 Å². The number of hydrogen-bond acceptors (Lipinski definition) is 3. The van der Waals surface area contributed by atoms with Crippen molar-refractivity contribution in [2.75, 3.05) is 19.6 Å². The van der Waals surface area contributed by atoms with Crippen molar-refractivity contribution >= 4 is 28.5 Å². The van der Waals surface area contributed by atoms with Crippen LogP contribution in [0.4, 0.5) is 4.39 Å². The van der Waals surface area contributed by atoms with Crippen molar-refractivity contribution in [2.45, 2.75) is 46.0 Å². The van der Waals surface area contributed by atoms with Gasteiger partial charge in [0.05, 0.1) is 5.56 Å². The number of carbonyl (C=O) groups is 1. The van der Waals surface area contributed by atoms with E-state index in [4.69, 9.17) is 4.74 Å². The van der Waals surface area contributed by atoms with E-state index in [9.17, 15) is 9.18 Å². The molecule has 0 aromatic heterocycles. The van der Waals surface area contributed by atoms with Gasteiger partial charge in [0.15, 0.2) is 0 Å². The number of benzene rings is 1. The van der Waals surface area contributed by atoms with Crippen molar-refractivity contribution in [3.8, 4) is 5.75 Å². The first kappa shape index (κ1) is 18.4. The summed E-state index contributed by atoms with van der Waals surface area (Å²) in [5, 5.41) is 2.99. The molecule has 1 heterocycles. The molecule has 2 unspecified atom stereocenters. The van der Waals surface area contributed by atoms with Crippen molar-refractivity contribution in [2.24, 2.45) is 0 Å². The molecule has 1 amide bonds.